The van der Waals surface area contributed by atoms with E-state index in [1.165, 1.54) is 0 Å². The predicted molar refractivity (Wildman–Crippen MR) is 131 cm³/mol. The number of benzene rings is 4. The average Bonchev–Trinajstić information content (AvgIpc) is 2.87. The molecular weight excluding hydrogens is 408 g/mol. The smallest absolute Gasteiger partial charge is 0.262 e. The molecule has 0 radical (unpaired) electrons. The molecule has 4 heteroatoms. The molecular formula is C29H24N2O2. The van der Waals surface area contributed by atoms with Crippen LogP contribution in [0.1, 0.15) is 29.7 Å². The Morgan fingerprint density at radius 2 is 1.64 bits per heavy atom. The van der Waals surface area contributed by atoms with E-state index >= 15 is 0 Å². The van der Waals surface area contributed by atoms with E-state index in [9.17, 15) is 10.1 Å². The molecule has 1 atom stereocenters. The third-order valence-electron chi connectivity index (χ3n) is 5.49. The molecule has 4 nitrogen and oxygen atoms in total. The summed E-state index contributed by atoms with van der Waals surface area (Å²) in [5.41, 5.74) is 2.75. The van der Waals surface area contributed by atoms with Crippen LogP contribution in [0.3, 0.4) is 0 Å². The Hall–Kier alpha value is -4.36. The maximum absolute atomic E-state index is 12.8. The van der Waals surface area contributed by atoms with E-state index < -0.39 is 5.91 Å². The highest BCUT2D eigenvalue weighted by Gasteiger charge is 2.15. The van der Waals surface area contributed by atoms with Crippen LogP contribution in [-0.4, -0.2) is 5.91 Å². The number of fused-ring (bicyclic) bond motifs is 1. The molecule has 0 saturated carbocycles. The van der Waals surface area contributed by atoms with E-state index in [1.807, 2.05) is 91.9 Å². The molecule has 4 aromatic carbocycles. The molecule has 1 amide bonds. The number of para-hydroxylation sites is 1. The zero-order valence-corrected chi connectivity index (χ0v) is 18.4. The largest absolute Gasteiger partial charge is 0.488 e. The fraction of sp³-hybridized carbons (Fsp3) is 0.103. The van der Waals surface area contributed by atoms with Gasteiger partial charge in [0, 0.05) is 5.56 Å². The molecule has 4 rings (SSSR count). The molecule has 0 unspecified atom stereocenters. The number of carbonyl (C=O) groups excluding carboxylic acids is 1. The van der Waals surface area contributed by atoms with Crippen LogP contribution < -0.4 is 10.1 Å². The van der Waals surface area contributed by atoms with Crippen molar-refractivity contribution in [2.75, 3.05) is 0 Å². The molecule has 0 aliphatic heterocycles. The quantitative estimate of drug-likeness (QED) is 0.279. The maximum Gasteiger partial charge on any atom is 0.262 e. The van der Waals surface area contributed by atoms with Crippen LogP contribution in [0, 0.1) is 11.3 Å². The first-order chi connectivity index (χ1) is 16.2. The van der Waals surface area contributed by atoms with Crippen molar-refractivity contribution in [3.63, 3.8) is 0 Å². The van der Waals surface area contributed by atoms with Crippen molar-refractivity contribution in [2.45, 2.75) is 19.6 Å². The van der Waals surface area contributed by atoms with Crippen molar-refractivity contribution in [3.05, 3.63) is 119 Å². The average molecular weight is 433 g/mol. The fourth-order valence-electron chi connectivity index (χ4n) is 3.71. The molecule has 0 fully saturated rings. The minimum atomic E-state index is -0.419. The second-order valence-electron chi connectivity index (χ2n) is 7.74. The summed E-state index contributed by atoms with van der Waals surface area (Å²) in [6.45, 7) is 2.27. The number of rotatable bonds is 7. The summed E-state index contributed by atoms with van der Waals surface area (Å²) in [6.07, 6.45) is 1.57. The third-order valence-corrected chi connectivity index (χ3v) is 5.49. The van der Waals surface area contributed by atoms with E-state index in [1.54, 1.807) is 6.08 Å². The highest BCUT2D eigenvalue weighted by Crippen LogP contribution is 2.25. The summed E-state index contributed by atoms with van der Waals surface area (Å²) in [5, 5.41) is 14.8. The van der Waals surface area contributed by atoms with E-state index in [-0.39, 0.29) is 11.6 Å². The number of ether oxygens (including phenoxy) is 1. The van der Waals surface area contributed by atoms with Crippen molar-refractivity contribution >= 4 is 22.8 Å². The highest BCUT2D eigenvalue weighted by atomic mass is 16.5. The van der Waals surface area contributed by atoms with E-state index in [0.717, 1.165) is 21.9 Å². The van der Waals surface area contributed by atoms with Gasteiger partial charge in [-0.25, -0.2) is 0 Å². The molecule has 0 aromatic heterocycles. The highest BCUT2D eigenvalue weighted by molar-refractivity contribution is 6.02. The van der Waals surface area contributed by atoms with Crippen molar-refractivity contribution in [1.82, 2.24) is 5.32 Å². The number of nitrogens with zero attached hydrogens (tertiary/aromatic N) is 1. The monoisotopic (exact) mass is 432 g/mol. The Kier molecular flexibility index (Phi) is 6.82. The second-order valence-corrected chi connectivity index (χ2v) is 7.74. The van der Waals surface area contributed by atoms with Gasteiger partial charge in [-0.05, 0) is 41.0 Å². The molecule has 0 spiro atoms. The maximum atomic E-state index is 12.8. The topological polar surface area (TPSA) is 62.1 Å². The first kappa shape index (κ1) is 21.9. The predicted octanol–water partition coefficient (Wildman–Crippen LogP) is 6.20. The number of nitriles is 1. The number of hydrogen-bond acceptors (Lipinski definition) is 3. The standard InChI is InChI=1S/C29H24N2O2/c1-21(22-10-3-2-4-11-22)31-29(32)26(19-30)18-24-13-6-8-17-28(24)33-20-25-15-9-14-23-12-5-7-16-27(23)25/h2-18,21H,20H2,1H3,(H,31,32)/b26-18-/t21-/m1/s1. The molecule has 0 bridgehead atoms. The van der Waals surface area contributed by atoms with E-state index in [4.69, 9.17) is 4.74 Å². The van der Waals surface area contributed by atoms with Crippen molar-refractivity contribution in [3.8, 4) is 11.8 Å². The summed E-state index contributed by atoms with van der Waals surface area (Å²) in [7, 11) is 0. The van der Waals surface area contributed by atoms with Crippen LogP contribution in [0.2, 0.25) is 0 Å². The van der Waals surface area contributed by atoms with E-state index in [2.05, 4.69) is 23.5 Å². The molecule has 4 aromatic rings. The lowest BCUT2D eigenvalue weighted by atomic mass is 10.1. The van der Waals surface area contributed by atoms with Crippen LogP contribution >= 0.6 is 0 Å². The van der Waals surface area contributed by atoms with Gasteiger partial charge in [-0.1, -0.05) is 91.0 Å². The minimum absolute atomic E-state index is 0.0268. The lowest BCUT2D eigenvalue weighted by Gasteiger charge is -2.14. The molecule has 0 heterocycles. The normalized spacial score (nSPS) is 12.1. The minimum Gasteiger partial charge on any atom is -0.488 e. The van der Waals surface area contributed by atoms with Crippen LogP contribution in [0.5, 0.6) is 5.75 Å². The summed E-state index contributed by atoms with van der Waals surface area (Å²) < 4.78 is 6.12. The van der Waals surface area contributed by atoms with Gasteiger partial charge in [0.15, 0.2) is 0 Å². The second kappa shape index (κ2) is 10.3. The van der Waals surface area contributed by atoms with Gasteiger partial charge in [0.25, 0.3) is 5.91 Å². The molecule has 0 aliphatic carbocycles. The summed E-state index contributed by atoms with van der Waals surface area (Å²) >= 11 is 0. The van der Waals surface area contributed by atoms with Crippen LogP contribution in [0.25, 0.3) is 16.8 Å². The molecule has 162 valence electrons. The van der Waals surface area contributed by atoms with Crippen LogP contribution in [-0.2, 0) is 11.4 Å². The first-order valence-corrected chi connectivity index (χ1v) is 10.8. The summed E-state index contributed by atoms with van der Waals surface area (Å²) in [6, 6.07) is 33.2. The van der Waals surface area contributed by atoms with Gasteiger partial charge < -0.3 is 10.1 Å². The number of amides is 1. The van der Waals surface area contributed by atoms with Crippen molar-refractivity contribution in [1.29, 1.82) is 5.26 Å². The Labute approximate surface area is 193 Å². The molecule has 0 saturated heterocycles. The van der Waals surface area contributed by atoms with Crippen LogP contribution in [0.4, 0.5) is 0 Å². The zero-order chi connectivity index (χ0) is 23.0. The van der Waals surface area contributed by atoms with Crippen molar-refractivity contribution in [2.24, 2.45) is 0 Å². The number of hydrogen-bond donors (Lipinski definition) is 1. The zero-order valence-electron chi connectivity index (χ0n) is 18.4. The lowest BCUT2D eigenvalue weighted by Crippen LogP contribution is -2.27. The lowest BCUT2D eigenvalue weighted by molar-refractivity contribution is -0.117. The third kappa shape index (κ3) is 5.28. The van der Waals surface area contributed by atoms with Gasteiger partial charge in [-0.2, -0.15) is 5.26 Å². The summed E-state index contributed by atoms with van der Waals surface area (Å²) in [4.78, 5) is 12.8. The van der Waals surface area contributed by atoms with Gasteiger partial charge in [0.05, 0.1) is 6.04 Å². The molecule has 0 aliphatic rings. The van der Waals surface area contributed by atoms with Crippen molar-refractivity contribution < 1.29 is 9.53 Å². The van der Waals surface area contributed by atoms with Crippen LogP contribution in [0.15, 0.2) is 103 Å². The van der Waals surface area contributed by atoms with Gasteiger partial charge in [0.1, 0.15) is 24.0 Å². The molecule has 1 N–H and O–H groups in total. The number of carbonyl (C=O) groups is 1. The Balaban J connectivity index is 1.53. The molecule has 33 heavy (non-hydrogen) atoms. The SMILES string of the molecule is C[C@@H](NC(=O)/C(C#N)=C\c1ccccc1OCc1cccc2ccccc12)c1ccccc1. The van der Waals surface area contributed by atoms with E-state index in [0.29, 0.717) is 17.9 Å². The Morgan fingerprint density at radius 3 is 2.45 bits per heavy atom. The van der Waals surface area contributed by atoms with Gasteiger partial charge in [-0.15, -0.1) is 0 Å². The fourth-order valence-corrected chi connectivity index (χ4v) is 3.71. The summed E-state index contributed by atoms with van der Waals surface area (Å²) in [5.74, 6) is 0.194. The first-order valence-electron chi connectivity index (χ1n) is 10.8. The Morgan fingerprint density at radius 1 is 0.939 bits per heavy atom. The Bertz CT molecular complexity index is 1330. The number of nitrogens with one attached hydrogen (secondary N) is 1. The van der Waals surface area contributed by atoms with Gasteiger partial charge in [-0.3, -0.25) is 4.79 Å². The van der Waals surface area contributed by atoms with Gasteiger partial charge in [0.2, 0.25) is 0 Å². The van der Waals surface area contributed by atoms with Gasteiger partial charge >= 0.3 is 0 Å².